The lowest BCUT2D eigenvalue weighted by atomic mass is 10.1. The van der Waals surface area contributed by atoms with Crippen LogP contribution in [0.1, 0.15) is 11.1 Å². The van der Waals surface area contributed by atoms with Gasteiger partial charge in [-0.25, -0.2) is 0 Å². The molecule has 0 unspecified atom stereocenters. The summed E-state index contributed by atoms with van der Waals surface area (Å²) in [6, 6.07) is 6.10. The molecule has 0 saturated carbocycles. The molecule has 0 aliphatic rings. The van der Waals surface area contributed by atoms with Gasteiger partial charge in [0.25, 0.3) is 0 Å². The van der Waals surface area contributed by atoms with Crippen molar-refractivity contribution in [2.45, 2.75) is 13.1 Å². The minimum absolute atomic E-state index is 0.671. The molecule has 3 N–H and O–H groups in total. The summed E-state index contributed by atoms with van der Waals surface area (Å²) < 4.78 is 5.30. The highest BCUT2D eigenvalue weighted by Crippen LogP contribution is 2.20. The molecule has 0 aliphatic carbocycles. The molecule has 1 aromatic rings. The Balaban J connectivity index is 2.91. The summed E-state index contributed by atoms with van der Waals surface area (Å²) in [5.74, 6) is 6.21. The van der Waals surface area contributed by atoms with Crippen LogP contribution in [-0.4, -0.2) is 26.1 Å². The van der Waals surface area contributed by atoms with E-state index in [9.17, 15) is 0 Å². The molecule has 0 radical (unpaired) electrons. The van der Waals surface area contributed by atoms with E-state index in [1.54, 1.807) is 7.11 Å². The van der Waals surface area contributed by atoms with E-state index in [2.05, 4.69) is 16.4 Å². The second-order valence-corrected chi connectivity index (χ2v) is 3.76. The summed E-state index contributed by atoms with van der Waals surface area (Å²) in [5.41, 5.74) is 4.99. The maximum absolute atomic E-state index is 5.30. The number of methoxy groups -OCH3 is 1. The molecule has 0 amide bonds. The van der Waals surface area contributed by atoms with Gasteiger partial charge in [0.15, 0.2) is 0 Å². The van der Waals surface area contributed by atoms with Gasteiger partial charge in [-0.3, -0.25) is 11.3 Å². The third-order valence-electron chi connectivity index (χ3n) is 2.14. The Labute approximate surface area is 91.0 Å². The number of ether oxygens (including phenoxy) is 1. The first-order valence-electron chi connectivity index (χ1n) is 4.91. The summed E-state index contributed by atoms with van der Waals surface area (Å²) in [5, 5.41) is 0. The van der Waals surface area contributed by atoms with Crippen molar-refractivity contribution in [1.82, 2.24) is 10.3 Å². The van der Waals surface area contributed by atoms with Crippen LogP contribution in [0.3, 0.4) is 0 Å². The predicted molar refractivity (Wildman–Crippen MR) is 61.4 cm³/mol. The van der Waals surface area contributed by atoms with Crippen molar-refractivity contribution in [3.8, 4) is 5.75 Å². The van der Waals surface area contributed by atoms with Gasteiger partial charge in [0.1, 0.15) is 5.75 Å². The van der Waals surface area contributed by atoms with Crippen molar-refractivity contribution in [3.63, 3.8) is 0 Å². The number of hydrazine groups is 1. The summed E-state index contributed by atoms with van der Waals surface area (Å²) in [7, 11) is 5.76. The second kappa shape index (κ2) is 5.70. The van der Waals surface area contributed by atoms with Crippen molar-refractivity contribution in [2.75, 3.05) is 21.2 Å². The standard InChI is InChI=1S/C11H19N3O/c1-14(2)8-10-6-9(7-13-12)4-5-11(10)15-3/h4-6,13H,7-8,12H2,1-3H3. The van der Waals surface area contributed by atoms with Crippen molar-refractivity contribution >= 4 is 0 Å². The van der Waals surface area contributed by atoms with E-state index >= 15 is 0 Å². The van der Waals surface area contributed by atoms with Crippen LogP contribution in [0.15, 0.2) is 18.2 Å². The van der Waals surface area contributed by atoms with E-state index in [4.69, 9.17) is 10.6 Å². The Kier molecular flexibility index (Phi) is 4.55. The molecule has 84 valence electrons. The van der Waals surface area contributed by atoms with Crippen LogP contribution in [0.2, 0.25) is 0 Å². The Bertz CT molecular complexity index is 313. The van der Waals surface area contributed by atoms with Crippen molar-refractivity contribution in [3.05, 3.63) is 29.3 Å². The molecule has 0 aromatic heterocycles. The minimum atomic E-state index is 0.671. The van der Waals surface area contributed by atoms with Crippen molar-refractivity contribution < 1.29 is 4.74 Å². The molecule has 0 aliphatic heterocycles. The van der Waals surface area contributed by atoms with Gasteiger partial charge >= 0.3 is 0 Å². The SMILES string of the molecule is COc1ccc(CNN)cc1CN(C)C. The zero-order chi connectivity index (χ0) is 11.3. The molecular weight excluding hydrogens is 190 g/mol. The van der Waals surface area contributed by atoms with Gasteiger partial charge in [0.05, 0.1) is 7.11 Å². The molecule has 0 saturated heterocycles. The fraction of sp³-hybridized carbons (Fsp3) is 0.455. The fourth-order valence-electron chi connectivity index (χ4n) is 1.52. The van der Waals surface area contributed by atoms with Crippen LogP contribution in [-0.2, 0) is 13.1 Å². The van der Waals surface area contributed by atoms with Gasteiger partial charge < -0.3 is 9.64 Å². The van der Waals surface area contributed by atoms with Crippen molar-refractivity contribution in [2.24, 2.45) is 5.84 Å². The average Bonchev–Trinajstić information content (AvgIpc) is 2.18. The van der Waals surface area contributed by atoms with E-state index in [1.807, 2.05) is 26.2 Å². The summed E-state index contributed by atoms with van der Waals surface area (Å²) in [6.07, 6.45) is 0. The van der Waals surface area contributed by atoms with E-state index in [-0.39, 0.29) is 0 Å². The molecule has 0 atom stereocenters. The minimum Gasteiger partial charge on any atom is -0.496 e. The number of nitrogens with two attached hydrogens (primary N) is 1. The number of nitrogens with one attached hydrogen (secondary N) is 1. The van der Waals surface area contributed by atoms with Crippen LogP contribution >= 0.6 is 0 Å². The molecule has 0 spiro atoms. The van der Waals surface area contributed by atoms with Crippen LogP contribution < -0.4 is 16.0 Å². The number of nitrogens with zero attached hydrogens (tertiary/aromatic N) is 1. The van der Waals surface area contributed by atoms with Crippen LogP contribution in [0.4, 0.5) is 0 Å². The lowest BCUT2D eigenvalue weighted by molar-refractivity contribution is 0.371. The first kappa shape index (κ1) is 12.0. The molecular formula is C11H19N3O. The zero-order valence-corrected chi connectivity index (χ0v) is 9.58. The van der Waals surface area contributed by atoms with Crippen LogP contribution in [0, 0.1) is 0 Å². The average molecular weight is 209 g/mol. The van der Waals surface area contributed by atoms with Crippen molar-refractivity contribution in [1.29, 1.82) is 0 Å². The normalized spacial score (nSPS) is 10.7. The lowest BCUT2D eigenvalue weighted by Crippen LogP contribution is -2.21. The van der Waals surface area contributed by atoms with Gasteiger partial charge in [-0.05, 0) is 31.8 Å². The first-order valence-corrected chi connectivity index (χ1v) is 4.91. The third-order valence-corrected chi connectivity index (χ3v) is 2.14. The van der Waals surface area contributed by atoms with E-state index in [0.717, 1.165) is 17.9 Å². The van der Waals surface area contributed by atoms with Gasteiger partial charge in [-0.2, -0.15) is 0 Å². The summed E-state index contributed by atoms with van der Waals surface area (Å²) >= 11 is 0. The monoisotopic (exact) mass is 209 g/mol. The van der Waals surface area contributed by atoms with E-state index in [0.29, 0.717) is 6.54 Å². The highest BCUT2D eigenvalue weighted by Gasteiger charge is 2.05. The number of hydrogen-bond acceptors (Lipinski definition) is 4. The van der Waals surface area contributed by atoms with Gasteiger partial charge in [0.2, 0.25) is 0 Å². The Hall–Kier alpha value is -1.10. The number of rotatable bonds is 5. The number of hydrogen-bond donors (Lipinski definition) is 2. The second-order valence-electron chi connectivity index (χ2n) is 3.76. The third kappa shape index (κ3) is 3.51. The topological polar surface area (TPSA) is 50.5 Å². The van der Waals surface area contributed by atoms with Gasteiger partial charge in [-0.15, -0.1) is 0 Å². The fourth-order valence-corrected chi connectivity index (χ4v) is 1.52. The maximum Gasteiger partial charge on any atom is 0.123 e. The zero-order valence-electron chi connectivity index (χ0n) is 9.58. The highest BCUT2D eigenvalue weighted by molar-refractivity contribution is 5.37. The van der Waals surface area contributed by atoms with E-state index in [1.165, 1.54) is 5.56 Å². The van der Waals surface area contributed by atoms with E-state index < -0.39 is 0 Å². The predicted octanol–water partition coefficient (Wildman–Crippen LogP) is 0.720. The Morgan fingerprint density at radius 2 is 2.13 bits per heavy atom. The molecule has 4 nitrogen and oxygen atoms in total. The van der Waals surface area contributed by atoms with Gasteiger partial charge in [0, 0.05) is 18.7 Å². The molecule has 0 fully saturated rings. The number of benzene rings is 1. The highest BCUT2D eigenvalue weighted by atomic mass is 16.5. The van der Waals surface area contributed by atoms with Crippen LogP contribution in [0.25, 0.3) is 0 Å². The molecule has 1 aromatic carbocycles. The molecule has 0 heterocycles. The molecule has 15 heavy (non-hydrogen) atoms. The first-order chi connectivity index (χ1) is 7.17. The Morgan fingerprint density at radius 3 is 2.67 bits per heavy atom. The quantitative estimate of drug-likeness (QED) is 0.554. The largest absolute Gasteiger partial charge is 0.496 e. The molecule has 0 bridgehead atoms. The van der Waals surface area contributed by atoms with Crippen LogP contribution in [0.5, 0.6) is 5.75 Å². The summed E-state index contributed by atoms with van der Waals surface area (Å²) in [6.45, 7) is 1.53. The Morgan fingerprint density at radius 1 is 1.40 bits per heavy atom. The molecule has 1 rings (SSSR count). The maximum atomic E-state index is 5.30. The molecule has 4 heteroatoms. The summed E-state index contributed by atoms with van der Waals surface area (Å²) in [4.78, 5) is 2.11. The smallest absolute Gasteiger partial charge is 0.123 e. The lowest BCUT2D eigenvalue weighted by Gasteiger charge is -2.14. The van der Waals surface area contributed by atoms with Gasteiger partial charge in [-0.1, -0.05) is 6.07 Å².